The van der Waals surface area contributed by atoms with E-state index in [-0.39, 0.29) is 0 Å². The molecule has 0 bridgehead atoms. The van der Waals surface area contributed by atoms with E-state index in [1.165, 1.54) is 38.5 Å². The first-order valence-corrected chi connectivity index (χ1v) is 13.0. The highest BCUT2D eigenvalue weighted by Gasteiger charge is 2.60. The summed E-state index contributed by atoms with van der Waals surface area (Å²) in [5.41, 5.74) is 1.34. The van der Waals surface area contributed by atoms with Crippen molar-refractivity contribution >= 4 is 0 Å². The van der Waals surface area contributed by atoms with Crippen molar-refractivity contribution in [3.05, 3.63) is 0 Å². The third kappa shape index (κ3) is 2.96. The summed E-state index contributed by atoms with van der Waals surface area (Å²) >= 11 is 0. The predicted molar refractivity (Wildman–Crippen MR) is 117 cm³/mol. The van der Waals surface area contributed by atoms with Crippen LogP contribution in [0.3, 0.4) is 0 Å². The van der Waals surface area contributed by atoms with Gasteiger partial charge in [0.15, 0.2) is 0 Å². The fourth-order valence-corrected chi connectivity index (χ4v) is 9.69. The van der Waals surface area contributed by atoms with Crippen LogP contribution in [0.5, 0.6) is 0 Å². The molecule has 1 aliphatic heterocycles. The molecule has 4 saturated carbocycles. The normalized spacial score (nSPS) is 54.2. The van der Waals surface area contributed by atoms with Crippen LogP contribution < -0.4 is 0 Å². The molecule has 1 nitrogen and oxygen atoms in total. The van der Waals surface area contributed by atoms with Crippen LogP contribution in [0.2, 0.25) is 0 Å². The molecule has 0 spiro atoms. The summed E-state index contributed by atoms with van der Waals surface area (Å²) in [6, 6.07) is 0. The lowest BCUT2D eigenvalue weighted by molar-refractivity contribution is -0.120. The van der Waals surface area contributed by atoms with E-state index in [0.717, 1.165) is 48.0 Å². The Hall–Kier alpha value is -0.0400. The van der Waals surface area contributed by atoms with Gasteiger partial charge in [-0.05, 0) is 111 Å². The SMILES string of the molecule is CC1COC1CC[C@@H](C)[C@H]1CC[C@H]2[C@@H]3CCC4CCCC[C@]4(C)[C@H]3CC[C@]12C. The molecule has 28 heavy (non-hydrogen) atoms. The van der Waals surface area contributed by atoms with Crippen molar-refractivity contribution in [2.75, 3.05) is 6.61 Å². The molecule has 1 heteroatoms. The van der Waals surface area contributed by atoms with Crippen LogP contribution in [0.15, 0.2) is 0 Å². The van der Waals surface area contributed by atoms with E-state index in [2.05, 4.69) is 27.7 Å². The Balaban J connectivity index is 1.28. The fourth-order valence-electron chi connectivity index (χ4n) is 9.69. The molecule has 5 aliphatic rings. The molecule has 0 N–H and O–H groups in total. The molecule has 3 unspecified atom stereocenters. The van der Waals surface area contributed by atoms with Gasteiger partial charge in [-0.25, -0.2) is 0 Å². The zero-order valence-electron chi connectivity index (χ0n) is 19.2. The summed E-state index contributed by atoms with van der Waals surface area (Å²) in [6.07, 6.45) is 18.7. The van der Waals surface area contributed by atoms with Gasteiger partial charge in [-0.3, -0.25) is 0 Å². The molecule has 1 heterocycles. The first-order valence-electron chi connectivity index (χ1n) is 13.0. The van der Waals surface area contributed by atoms with E-state index >= 15 is 0 Å². The molecule has 0 aromatic carbocycles. The number of rotatable bonds is 4. The molecule has 4 aliphatic carbocycles. The van der Waals surface area contributed by atoms with Gasteiger partial charge >= 0.3 is 0 Å². The number of ether oxygens (including phenoxy) is 1. The molecule has 1 saturated heterocycles. The maximum absolute atomic E-state index is 5.82. The third-order valence-corrected chi connectivity index (χ3v) is 11.5. The summed E-state index contributed by atoms with van der Waals surface area (Å²) in [5, 5.41) is 0. The summed E-state index contributed by atoms with van der Waals surface area (Å²) in [5.74, 6) is 6.90. The number of hydrogen-bond donors (Lipinski definition) is 0. The molecule has 5 fully saturated rings. The summed E-state index contributed by atoms with van der Waals surface area (Å²) in [4.78, 5) is 0. The Kier molecular flexibility index (Phi) is 5.17. The van der Waals surface area contributed by atoms with Crippen molar-refractivity contribution in [2.24, 2.45) is 52.3 Å². The van der Waals surface area contributed by atoms with E-state index in [4.69, 9.17) is 4.74 Å². The largest absolute Gasteiger partial charge is 0.377 e. The highest BCUT2D eigenvalue weighted by molar-refractivity contribution is 5.09. The Morgan fingerprint density at radius 1 is 0.893 bits per heavy atom. The molecule has 5 rings (SSSR count). The van der Waals surface area contributed by atoms with Crippen molar-refractivity contribution in [3.8, 4) is 0 Å². The minimum Gasteiger partial charge on any atom is -0.377 e. The van der Waals surface area contributed by atoms with Crippen LogP contribution in [0.25, 0.3) is 0 Å². The van der Waals surface area contributed by atoms with E-state index in [0.29, 0.717) is 16.9 Å². The lowest BCUT2D eigenvalue weighted by Gasteiger charge is -2.61. The Morgan fingerprint density at radius 3 is 2.46 bits per heavy atom. The lowest BCUT2D eigenvalue weighted by Crippen LogP contribution is -2.53. The van der Waals surface area contributed by atoms with Gasteiger partial charge in [0.1, 0.15) is 0 Å². The minimum atomic E-state index is 0.574. The standard InChI is InChI=1S/C27H46O/c1-18(8-13-25-19(2)17-28-25)22-11-12-23-21-10-9-20-7-5-6-15-26(20,3)24(21)14-16-27(22,23)4/h18-25H,5-17H2,1-4H3/t18-,19?,20?,21+,22-,23+,24+,25?,26+,27-/m1/s1. The number of fused-ring (bicyclic) bond motifs is 5. The zero-order chi connectivity index (χ0) is 19.5. The molecule has 0 radical (unpaired) electrons. The first-order chi connectivity index (χ1) is 13.4. The van der Waals surface area contributed by atoms with Gasteiger partial charge in [0.2, 0.25) is 0 Å². The van der Waals surface area contributed by atoms with Crippen molar-refractivity contribution in [2.45, 2.75) is 111 Å². The molecule has 160 valence electrons. The molecule has 0 aromatic rings. The minimum absolute atomic E-state index is 0.574. The summed E-state index contributed by atoms with van der Waals surface area (Å²) in [7, 11) is 0. The second-order valence-corrected chi connectivity index (χ2v) is 12.5. The second kappa shape index (κ2) is 7.28. The smallest absolute Gasteiger partial charge is 0.0622 e. The van der Waals surface area contributed by atoms with Crippen molar-refractivity contribution < 1.29 is 4.74 Å². The quantitative estimate of drug-likeness (QED) is 0.486. The average Bonchev–Trinajstić information content (AvgIpc) is 3.03. The van der Waals surface area contributed by atoms with E-state index < -0.39 is 0 Å². The molecular formula is C27H46O. The zero-order valence-corrected chi connectivity index (χ0v) is 19.2. The van der Waals surface area contributed by atoms with Crippen LogP contribution in [-0.4, -0.2) is 12.7 Å². The lowest BCUT2D eigenvalue weighted by atomic mass is 9.44. The van der Waals surface area contributed by atoms with Crippen molar-refractivity contribution in [3.63, 3.8) is 0 Å². The Labute approximate surface area is 174 Å². The third-order valence-electron chi connectivity index (χ3n) is 11.5. The molecular weight excluding hydrogens is 340 g/mol. The van der Waals surface area contributed by atoms with Gasteiger partial charge in [0.25, 0.3) is 0 Å². The van der Waals surface area contributed by atoms with Crippen LogP contribution in [0, 0.1) is 52.3 Å². The topological polar surface area (TPSA) is 9.23 Å². The summed E-state index contributed by atoms with van der Waals surface area (Å²) < 4.78 is 5.82. The molecule has 10 atom stereocenters. The van der Waals surface area contributed by atoms with Crippen LogP contribution in [0.4, 0.5) is 0 Å². The van der Waals surface area contributed by atoms with E-state index in [1.807, 2.05) is 0 Å². The van der Waals surface area contributed by atoms with Gasteiger partial charge in [0, 0.05) is 5.92 Å². The Bertz CT molecular complexity index is 571. The summed E-state index contributed by atoms with van der Waals surface area (Å²) in [6.45, 7) is 11.4. The van der Waals surface area contributed by atoms with Crippen LogP contribution in [-0.2, 0) is 4.74 Å². The van der Waals surface area contributed by atoms with Gasteiger partial charge in [0.05, 0.1) is 12.7 Å². The predicted octanol–water partition coefficient (Wildman–Crippen LogP) is 7.49. The monoisotopic (exact) mass is 386 g/mol. The fraction of sp³-hybridized carbons (Fsp3) is 1.00. The van der Waals surface area contributed by atoms with Gasteiger partial charge in [-0.2, -0.15) is 0 Å². The molecule has 0 aromatic heterocycles. The van der Waals surface area contributed by atoms with Crippen LogP contribution in [0.1, 0.15) is 105 Å². The van der Waals surface area contributed by atoms with Crippen molar-refractivity contribution in [1.29, 1.82) is 0 Å². The van der Waals surface area contributed by atoms with Gasteiger partial charge in [-0.1, -0.05) is 40.5 Å². The maximum Gasteiger partial charge on any atom is 0.0622 e. The first kappa shape index (κ1) is 19.9. The van der Waals surface area contributed by atoms with E-state index in [1.54, 1.807) is 38.5 Å². The molecule has 0 amide bonds. The highest BCUT2D eigenvalue weighted by atomic mass is 16.5. The Morgan fingerprint density at radius 2 is 1.71 bits per heavy atom. The van der Waals surface area contributed by atoms with E-state index in [9.17, 15) is 0 Å². The second-order valence-electron chi connectivity index (χ2n) is 12.5. The highest BCUT2D eigenvalue weighted by Crippen LogP contribution is 2.68. The van der Waals surface area contributed by atoms with Gasteiger partial charge in [-0.15, -0.1) is 0 Å². The van der Waals surface area contributed by atoms with Gasteiger partial charge < -0.3 is 4.74 Å². The number of hydrogen-bond acceptors (Lipinski definition) is 1. The van der Waals surface area contributed by atoms with Crippen LogP contribution >= 0.6 is 0 Å². The average molecular weight is 387 g/mol. The maximum atomic E-state index is 5.82. The van der Waals surface area contributed by atoms with Crippen molar-refractivity contribution in [1.82, 2.24) is 0 Å².